The molecule has 0 aromatic heterocycles. The van der Waals surface area contributed by atoms with E-state index >= 15 is 0 Å². The third-order valence-corrected chi connectivity index (χ3v) is 5.99. The smallest absolute Gasteiger partial charge is 0.262 e. The Morgan fingerprint density at radius 1 is 1.08 bits per heavy atom. The van der Waals surface area contributed by atoms with Crippen LogP contribution in [0.4, 0.5) is 5.69 Å². The fraction of sp³-hybridized carbons (Fsp3) is 0.316. The molecule has 0 aliphatic rings. The highest BCUT2D eigenvalue weighted by molar-refractivity contribution is 7.89. The van der Waals surface area contributed by atoms with Crippen molar-refractivity contribution in [3.63, 3.8) is 0 Å². The number of carbonyl (C=O) groups excluding carboxylic acids is 1. The van der Waals surface area contributed by atoms with Crippen molar-refractivity contribution in [1.29, 1.82) is 0 Å². The van der Waals surface area contributed by atoms with Gasteiger partial charge in [-0.05, 0) is 36.8 Å². The first kappa shape index (κ1) is 19.9. The summed E-state index contributed by atoms with van der Waals surface area (Å²) in [6.45, 7) is 6.01. The molecule has 0 atom stereocenters. The van der Waals surface area contributed by atoms with Gasteiger partial charge in [-0.25, -0.2) is 8.42 Å². The van der Waals surface area contributed by atoms with Gasteiger partial charge < -0.3 is 10.1 Å². The summed E-state index contributed by atoms with van der Waals surface area (Å²) < 4.78 is 32.1. The molecule has 0 unspecified atom stereocenters. The van der Waals surface area contributed by atoms with Crippen LogP contribution >= 0.6 is 0 Å². The second-order valence-electron chi connectivity index (χ2n) is 5.72. The first-order valence-corrected chi connectivity index (χ1v) is 9.91. The summed E-state index contributed by atoms with van der Waals surface area (Å²) in [7, 11) is -3.58. The van der Waals surface area contributed by atoms with Crippen molar-refractivity contribution in [3.8, 4) is 5.75 Å². The molecule has 140 valence electrons. The number of nitrogens with zero attached hydrogens (tertiary/aromatic N) is 1. The number of amides is 1. The Morgan fingerprint density at radius 3 is 2.35 bits per heavy atom. The van der Waals surface area contributed by atoms with Gasteiger partial charge in [0.25, 0.3) is 5.91 Å². The first-order chi connectivity index (χ1) is 12.4. The van der Waals surface area contributed by atoms with Gasteiger partial charge in [0, 0.05) is 18.8 Å². The van der Waals surface area contributed by atoms with Gasteiger partial charge >= 0.3 is 0 Å². The number of sulfonamides is 1. The second-order valence-corrected chi connectivity index (χ2v) is 7.65. The molecule has 0 radical (unpaired) electrons. The number of nitrogens with one attached hydrogen (secondary N) is 1. The summed E-state index contributed by atoms with van der Waals surface area (Å²) in [5, 5.41) is 2.72. The molecule has 1 amide bonds. The number of para-hydroxylation sites is 1. The van der Waals surface area contributed by atoms with Crippen LogP contribution < -0.4 is 10.1 Å². The third-order valence-electron chi connectivity index (χ3n) is 3.94. The number of anilines is 1. The van der Waals surface area contributed by atoms with E-state index in [0.29, 0.717) is 24.5 Å². The summed E-state index contributed by atoms with van der Waals surface area (Å²) in [6.07, 6.45) is 0. The predicted octanol–water partition coefficient (Wildman–Crippen LogP) is 3.04. The van der Waals surface area contributed by atoms with Crippen LogP contribution in [0.5, 0.6) is 5.75 Å². The van der Waals surface area contributed by atoms with E-state index in [-0.39, 0.29) is 17.4 Å². The standard InChI is InChI=1S/C19H24N2O4S/c1-4-21(5-2)26(23,24)17-12-11-15(3)18(13-17)20-19(22)14-25-16-9-7-6-8-10-16/h6-13H,4-5,14H2,1-3H3,(H,20,22). The van der Waals surface area contributed by atoms with Gasteiger partial charge in [0.2, 0.25) is 10.0 Å². The molecule has 0 bridgehead atoms. The van der Waals surface area contributed by atoms with Crippen LogP contribution in [0.25, 0.3) is 0 Å². The molecule has 0 saturated carbocycles. The van der Waals surface area contributed by atoms with Crippen LogP contribution in [-0.2, 0) is 14.8 Å². The molecule has 0 heterocycles. The maximum atomic E-state index is 12.6. The molecule has 0 aliphatic carbocycles. The largest absolute Gasteiger partial charge is 0.484 e. The zero-order chi connectivity index (χ0) is 19.2. The minimum atomic E-state index is -3.58. The number of carbonyl (C=O) groups is 1. The zero-order valence-corrected chi connectivity index (χ0v) is 16.0. The Morgan fingerprint density at radius 2 is 1.73 bits per heavy atom. The molecule has 0 aliphatic heterocycles. The lowest BCUT2D eigenvalue weighted by atomic mass is 10.2. The van der Waals surface area contributed by atoms with E-state index in [4.69, 9.17) is 4.74 Å². The average Bonchev–Trinajstić information content (AvgIpc) is 2.63. The van der Waals surface area contributed by atoms with Crippen molar-refractivity contribution in [1.82, 2.24) is 4.31 Å². The van der Waals surface area contributed by atoms with E-state index in [2.05, 4.69) is 5.32 Å². The van der Waals surface area contributed by atoms with Crippen molar-refractivity contribution in [2.75, 3.05) is 25.0 Å². The molecule has 26 heavy (non-hydrogen) atoms. The van der Waals surface area contributed by atoms with E-state index in [1.165, 1.54) is 10.4 Å². The maximum Gasteiger partial charge on any atom is 0.262 e. The lowest BCUT2D eigenvalue weighted by Gasteiger charge is -2.19. The van der Waals surface area contributed by atoms with Crippen molar-refractivity contribution >= 4 is 21.6 Å². The molecule has 2 rings (SSSR count). The average molecular weight is 376 g/mol. The second kappa shape index (κ2) is 8.82. The molecule has 7 heteroatoms. The SMILES string of the molecule is CCN(CC)S(=O)(=O)c1ccc(C)c(NC(=O)COc2ccccc2)c1. The molecular weight excluding hydrogens is 352 g/mol. The number of hydrogen-bond donors (Lipinski definition) is 1. The monoisotopic (exact) mass is 376 g/mol. The van der Waals surface area contributed by atoms with Crippen molar-refractivity contribution < 1.29 is 17.9 Å². The molecule has 2 aromatic rings. The maximum absolute atomic E-state index is 12.6. The topological polar surface area (TPSA) is 75.7 Å². The summed E-state index contributed by atoms with van der Waals surface area (Å²) >= 11 is 0. The van der Waals surface area contributed by atoms with E-state index in [1.807, 2.05) is 25.1 Å². The van der Waals surface area contributed by atoms with Gasteiger partial charge in [-0.1, -0.05) is 38.1 Å². The van der Waals surface area contributed by atoms with Crippen molar-refractivity contribution in [2.45, 2.75) is 25.7 Å². The van der Waals surface area contributed by atoms with Gasteiger partial charge in [0.1, 0.15) is 5.75 Å². The number of benzene rings is 2. The normalized spacial score (nSPS) is 11.4. The summed E-state index contributed by atoms with van der Waals surface area (Å²) in [4.78, 5) is 12.3. The number of hydrogen-bond acceptors (Lipinski definition) is 4. The lowest BCUT2D eigenvalue weighted by molar-refractivity contribution is -0.118. The Kier molecular flexibility index (Phi) is 6.76. The summed E-state index contributed by atoms with van der Waals surface area (Å²) in [6, 6.07) is 13.7. The number of aryl methyl sites for hydroxylation is 1. The fourth-order valence-electron chi connectivity index (χ4n) is 2.46. The van der Waals surface area contributed by atoms with Gasteiger partial charge in [0.05, 0.1) is 4.90 Å². The summed E-state index contributed by atoms with van der Waals surface area (Å²) in [5.41, 5.74) is 1.23. The third kappa shape index (κ3) is 4.83. The Bertz CT molecular complexity index is 847. The van der Waals surface area contributed by atoms with Gasteiger partial charge in [-0.15, -0.1) is 0 Å². The Labute approximate surface area is 154 Å². The van der Waals surface area contributed by atoms with Crippen LogP contribution in [-0.4, -0.2) is 38.3 Å². The minimum absolute atomic E-state index is 0.156. The van der Waals surface area contributed by atoms with E-state index in [9.17, 15) is 13.2 Å². The predicted molar refractivity (Wildman–Crippen MR) is 102 cm³/mol. The highest BCUT2D eigenvalue weighted by Crippen LogP contribution is 2.23. The Hall–Kier alpha value is -2.38. The molecular formula is C19H24N2O4S. The van der Waals surface area contributed by atoms with Crippen LogP contribution in [0.15, 0.2) is 53.4 Å². The number of ether oxygens (including phenoxy) is 1. The minimum Gasteiger partial charge on any atom is -0.484 e. The molecule has 0 fully saturated rings. The van der Waals surface area contributed by atoms with Crippen LogP contribution in [0.3, 0.4) is 0 Å². The molecule has 1 N–H and O–H groups in total. The van der Waals surface area contributed by atoms with E-state index in [1.54, 1.807) is 38.1 Å². The highest BCUT2D eigenvalue weighted by atomic mass is 32.2. The van der Waals surface area contributed by atoms with Crippen LogP contribution in [0.2, 0.25) is 0 Å². The number of rotatable bonds is 8. The highest BCUT2D eigenvalue weighted by Gasteiger charge is 2.22. The zero-order valence-electron chi connectivity index (χ0n) is 15.2. The van der Waals surface area contributed by atoms with Gasteiger partial charge in [-0.3, -0.25) is 4.79 Å². The van der Waals surface area contributed by atoms with Crippen molar-refractivity contribution in [3.05, 3.63) is 54.1 Å². The molecule has 0 saturated heterocycles. The van der Waals surface area contributed by atoms with Gasteiger partial charge in [0.15, 0.2) is 6.61 Å². The molecule has 2 aromatic carbocycles. The van der Waals surface area contributed by atoms with Crippen LogP contribution in [0, 0.1) is 6.92 Å². The van der Waals surface area contributed by atoms with Crippen molar-refractivity contribution in [2.24, 2.45) is 0 Å². The molecule has 0 spiro atoms. The molecule has 6 nitrogen and oxygen atoms in total. The Balaban J connectivity index is 2.13. The fourth-order valence-corrected chi connectivity index (χ4v) is 3.95. The first-order valence-electron chi connectivity index (χ1n) is 8.47. The van der Waals surface area contributed by atoms with Crippen LogP contribution in [0.1, 0.15) is 19.4 Å². The quantitative estimate of drug-likeness (QED) is 0.768. The summed E-state index contributed by atoms with van der Waals surface area (Å²) in [5.74, 6) is 0.242. The van der Waals surface area contributed by atoms with E-state index in [0.717, 1.165) is 5.56 Å². The lowest BCUT2D eigenvalue weighted by Crippen LogP contribution is -2.30. The van der Waals surface area contributed by atoms with E-state index < -0.39 is 10.0 Å². The van der Waals surface area contributed by atoms with Gasteiger partial charge in [-0.2, -0.15) is 4.31 Å².